The van der Waals surface area contributed by atoms with E-state index >= 15 is 0 Å². The van der Waals surface area contributed by atoms with Gasteiger partial charge in [-0.05, 0) is 110 Å². The third-order valence-corrected chi connectivity index (χ3v) is 6.75. The summed E-state index contributed by atoms with van der Waals surface area (Å²) in [4.78, 5) is 14.3. The Balaban J connectivity index is 1.66. The minimum absolute atomic E-state index is 0.226. The van der Waals surface area contributed by atoms with Crippen molar-refractivity contribution in [2.75, 3.05) is 7.11 Å². The van der Waals surface area contributed by atoms with E-state index in [1.165, 1.54) is 5.56 Å². The number of nitrogens with one attached hydrogen (secondary N) is 1. The third-order valence-electron chi connectivity index (χ3n) is 5.57. The van der Waals surface area contributed by atoms with Crippen molar-refractivity contribution >= 4 is 48.7 Å². The first-order chi connectivity index (χ1) is 16.3. The first-order valence-electron chi connectivity index (χ1n) is 10.6. The lowest BCUT2D eigenvalue weighted by Gasteiger charge is -2.13. The maximum atomic E-state index is 13.6. The van der Waals surface area contributed by atoms with Crippen molar-refractivity contribution in [2.45, 2.75) is 25.9 Å². The molecule has 176 valence electrons. The lowest BCUT2D eigenvalue weighted by atomic mass is 10.0. The van der Waals surface area contributed by atoms with Crippen molar-refractivity contribution in [3.63, 3.8) is 0 Å². The molecular formula is C26H22Br2FNO4. The quantitative estimate of drug-likeness (QED) is 0.221. The Morgan fingerprint density at radius 2 is 1.71 bits per heavy atom. The Morgan fingerprint density at radius 1 is 1.06 bits per heavy atom. The molecule has 0 amide bonds. The molecule has 4 rings (SSSR count). The molecule has 0 radical (unpaired) electrons. The van der Waals surface area contributed by atoms with Crippen molar-refractivity contribution in [1.82, 2.24) is 4.98 Å². The van der Waals surface area contributed by atoms with Crippen LogP contribution in [-0.4, -0.2) is 29.3 Å². The molecule has 0 saturated carbocycles. The SMILES string of the molecule is CCc1c(-c2ccc(OC)cc2)[nH]c2ccc(Oc3c(Br)cc(CC(F)C(=O)O)cc3Br)cc12. The summed E-state index contributed by atoms with van der Waals surface area (Å²) in [5, 5.41) is 9.89. The minimum Gasteiger partial charge on any atom is -0.497 e. The van der Waals surface area contributed by atoms with Gasteiger partial charge in [0, 0.05) is 23.0 Å². The minimum atomic E-state index is -1.96. The molecule has 3 aromatic carbocycles. The number of hydrogen-bond acceptors (Lipinski definition) is 3. The maximum Gasteiger partial charge on any atom is 0.338 e. The predicted molar refractivity (Wildman–Crippen MR) is 138 cm³/mol. The summed E-state index contributed by atoms with van der Waals surface area (Å²) < 4.78 is 26.3. The van der Waals surface area contributed by atoms with E-state index in [0.717, 1.165) is 34.3 Å². The fourth-order valence-corrected chi connectivity index (χ4v) is 5.34. The van der Waals surface area contributed by atoms with Crippen LogP contribution in [0.4, 0.5) is 4.39 Å². The van der Waals surface area contributed by atoms with E-state index < -0.39 is 12.1 Å². The number of benzene rings is 3. The molecule has 2 N–H and O–H groups in total. The highest BCUT2D eigenvalue weighted by Crippen LogP contribution is 2.40. The molecule has 1 heterocycles. The Bertz CT molecular complexity index is 1330. The van der Waals surface area contributed by atoms with Gasteiger partial charge in [-0.25, -0.2) is 9.18 Å². The second kappa shape index (κ2) is 10.2. The van der Waals surface area contributed by atoms with Crippen LogP contribution in [0.2, 0.25) is 0 Å². The smallest absolute Gasteiger partial charge is 0.338 e. The van der Waals surface area contributed by atoms with Crippen molar-refractivity contribution in [1.29, 1.82) is 0 Å². The Hall–Kier alpha value is -2.84. The average molecular weight is 591 g/mol. The Morgan fingerprint density at radius 3 is 2.29 bits per heavy atom. The van der Waals surface area contributed by atoms with Crippen molar-refractivity contribution < 1.29 is 23.8 Å². The molecule has 0 aliphatic carbocycles. The molecular weight excluding hydrogens is 569 g/mol. The number of H-pyrrole nitrogens is 1. The number of carbonyl (C=O) groups is 1. The Labute approximate surface area is 213 Å². The van der Waals surface area contributed by atoms with Crippen molar-refractivity contribution in [3.8, 4) is 28.5 Å². The molecule has 1 unspecified atom stereocenters. The number of alkyl halides is 1. The van der Waals surface area contributed by atoms with Crippen LogP contribution in [0.3, 0.4) is 0 Å². The molecule has 1 atom stereocenters. The molecule has 0 aliphatic rings. The number of fused-ring (bicyclic) bond motifs is 1. The predicted octanol–water partition coefficient (Wildman–Crippen LogP) is 7.69. The highest BCUT2D eigenvalue weighted by atomic mass is 79.9. The molecule has 0 aliphatic heterocycles. The lowest BCUT2D eigenvalue weighted by molar-refractivity contribution is -0.142. The van der Waals surface area contributed by atoms with Crippen LogP contribution in [0.15, 0.2) is 63.5 Å². The number of halogens is 3. The van der Waals surface area contributed by atoms with E-state index in [-0.39, 0.29) is 6.42 Å². The topological polar surface area (TPSA) is 71.5 Å². The second-order valence-electron chi connectivity index (χ2n) is 7.77. The molecule has 1 aromatic heterocycles. The summed E-state index contributed by atoms with van der Waals surface area (Å²) in [6.07, 6.45) is -1.36. The van der Waals surface area contributed by atoms with Gasteiger partial charge in [-0.1, -0.05) is 6.92 Å². The lowest BCUT2D eigenvalue weighted by Crippen LogP contribution is -2.17. The van der Waals surface area contributed by atoms with Gasteiger partial charge in [0.2, 0.25) is 6.17 Å². The summed E-state index contributed by atoms with van der Waals surface area (Å²) in [7, 11) is 1.65. The van der Waals surface area contributed by atoms with Crippen molar-refractivity contribution in [2.24, 2.45) is 0 Å². The summed E-state index contributed by atoms with van der Waals surface area (Å²) in [6, 6.07) is 17.1. The highest BCUT2D eigenvalue weighted by Gasteiger charge is 2.19. The normalized spacial score (nSPS) is 12.0. The number of methoxy groups -OCH3 is 1. The largest absolute Gasteiger partial charge is 0.497 e. The van der Waals surface area contributed by atoms with Crippen LogP contribution in [0.25, 0.3) is 22.2 Å². The number of aliphatic carboxylic acids is 1. The number of carboxylic acids is 1. The average Bonchev–Trinajstić information content (AvgIpc) is 3.19. The van der Waals surface area contributed by atoms with E-state index in [4.69, 9.17) is 14.6 Å². The number of aromatic amines is 1. The van der Waals surface area contributed by atoms with Crippen LogP contribution < -0.4 is 9.47 Å². The molecule has 0 fully saturated rings. The molecule has 4 aromatic rings. The number of aromatic nitrogens is 1. The first kappa shape index (κ1) is 24.3. The molecule has 34 heavy (non-hydrogen) atoms. The van der Waals surface area contributed by atoms with E-state index in [9.17, 15) is 9.18 Å². The molecule has 0 bridgehead atoms. The van der Waals surface area contributed by atoms with E-state index in [1.54, 1.807) is 19.2 Å². The summed E-state index contributed by atoms with van der Waals surface area (Å²) in [5.74, 6) is 0.497. The van der Waals surface area contributed by atoms with E-state index in [2.05, 4.69) is 43.8 Å². The van der Waals surface area contributed by atoms with Crippen LogP contribution >= 0.6 is 31.9 Å². The van der Waals surface area contributed by atoms with Crippen LogP contribution in [-0.2, 0) is 17.6 Å². The zero-order chi connectivity index (χ0) is 24.4. The second-order valence-corrected chi connectivity index (χ2v) is 9.48. The number of hydrogen-bond donors (Lipinski definition) is 2. The zero-order valence-corrected chi connectivity index (χ0v) is 21.7. The van der Waals surface area contributed by atoms with Gasteiger partial charge in [0.1, 0.15) is 11.5 Å². The number of rotatable bonds is 8. The number of carboxylic acid groups (broad SMARTS) is 1. The van der Waals surface area contributed by atoms with Gasteiger partial charge >= 0.3 is 5.97 Å². The molecule has 5 nitrogen and oxygen atoms in total. The van der Waals surface area contributed by atoms with Gasteiger partial charge in [0.15, 0.2) is 5.75 Å². The van der Waals surface area contributed by atoms with Crippen LogP contribution in [0, 0.1) is 0 Å². The van der Waals surface area contributed by atoms with Crippen LogP contribution in [0.1, 0.15) is 18.1 Å². The maximum absolute atomic E-state index is 13.6. The fourth-order valence-electron chi connectivity index (χ4n) is 3.90. The van der Waals surface area contributed by atoms with Gasteiger partial charge < -0.3 is 19.6 Å². The zero-order valence-electron chi connectivity index (χ0n) is 18.5. The monoisotopic (exact) mass is 589 g/mol. The molecule has 0 spiro atoms. The molecule has 0 saturated heterocycles. The standard InChI is InChI=1S/C26H22Br2FNO4/c1-3-18-19-13-17(8-9-23(19)30-24(18)15-4-6-16(33-2)7-5-15)34-25-20(27)10-14(11-21(25)28)12-22(29)26(31)32/h4-11,13,22,30H,3,12H2,1-2H3,(H,31,32). The van der Waals surface area contributed by atoms with Crippen molar-refractivity contribution in [3.05, 3.63) is 74.7 Å². The molecule has 8 heteroatoms. The van der Waals surface area contributed by atoms with E-state index in [1.807, 2.05) is 42.5 Å². The summed E-state index contributed by atoms with van der Waals surface area (Å²) in [6.45, 7) is 2.12. The van der Waals surface area contributed by atoms with Gasteiger partial charge in [-0.3, -0.25) is 0 Å². The van der Waals surface area contributed by atoms with E-state index in [0.29, 0.717) is 26.0 Å². The fraction of sp³-hybridized carbons (Fsp3) is 0.192. The summed E-state index contributed by atoms with van der Waals surface area (Å²) in [5.41, 5.74) is 4.86. The Kier molecular flexibility index (Phi) is 7.28. The van der Waals surface area contributed by atoms with Crippen LogP contribution in [0.5, 0.6) is 17.2 Å². The van der Waals surface area contributed by atoms with Gasteiger partial charge in [-0.15, -0.1) is 0 Å². The van der Waals surface area contributed by atoms with Gasteiger partial charge in [-0.2, -0.15) is 0 Å². The third kappa shape index (κ3) is 4.98. The summed E-state index contributed by atoms with van der Waals surface area (Å²) >= 11 is 6.93. The number of ether oxygens (including phenoxy) is 2. The highest BCUT2D eigenvalue weighted by molar-refractivity contribution is 9.11. The first-order valence-corrected chi connectivity index (χ1v) is 12.2. The van der Waals surface area contributed by atoms with Gasteiger partial charge in [0.25, 0.3) is 0 Å². The number of aryl methyl sites for hydroxylation is 1. The van der Waals surface area contributed by atoms with Gasteiger partial charge in [0.05, 0.1) is 16.1 Å².